The molecular weight excluding hydrogens is 234 g/mol. The zero-order valence-electron chi connectivity index (χ0n) is 11.1. The SMILES string of the molecule is Cc1cccc(Oc2cc(C)nc3ccccc23)c1. The molecular formula is C17H15NO. The quantitative estimate of drug-likeness (QED) is 0.659. The lowest BCUT2D eigenvalue weighted by molar-refractivity contribution is 0.487. The van der Waals surface area contributed by atoms with Crippen LogP contribution in [-0.4, -0.2) is 4.98 Å². The molecule has 94 valence electrons. The molecule has 2 aromatic carbocycles. The number of benzene rings is 2. The highest BCUT2D eigenvalue weighted by Gasteiger charge is 2.05. The Morgan fingerprint density at radius 1 is 0.895 bits per heavy atom. The highest BCUT2D eigenvalue weighted by molar-refractivity contribution is 5.85. The number of rotatable bonds is 2. The Morgan fingerprint density at radius 3 is 2.58 bits per heavy atom. The lowest BCUT2D eigenvalue weighted by Gasteiger charge is -2.10. The maximum Gasteiger partial charge on any atom is 0.138 e. The van der Waals surface area contributed by atoms with Crippen molar-refractivity contribution < 1.29 is 4.74 Å². The van der Waals surface area contributed by atoms with E-state index in [2.05, 4.69) is 18.0 Å². The van der Waals surface area contributed by atoms with Crippen LogP contribution in [-0.2, 0) is 0 Å². The van der Waals surface area contributed by atoms with E-state index in [1.807, 2.05) is 55.5 Å². The Kier molecular flexibility index (Phi) is 2.92. The minimum atomic E-state index is 0.855. The van der Waals surface area contributed by atoms with E-state index in [4.69, 9.17) is 4.74 Å². The van der Waals surface area contributed by atoms with Gasteiger partial charge in [0.2, 0.25) is 0 Å². The first-order valence-electron chi connectivity index (χ1n) is 6.33. The maximum absolute atomic E-state index is 6.01. The molecule has 0 saturated heterocycles. The molecule has 19 heavy (non-hydrogen) atoms. The molecule has 0 N–H and O–H groups in total. The average molecular weight is 249 g/mol. The molecule has 0 atom stereocenters. The van der Waals surface area contributed by atoms with E-state index in [0.717, 1.165) is 28.1 Å². The second kappa shape index (κ2) is 4.73. The van der Waals surface area contributed by atoms with Gasteiger partial charge in [-0.2, -0.15) is 0 Å². The van der Waals surface area contributed by atoms with Gasteiger partial charge in [-0.15, -0.1) is 0 Å². The van der Waals surface area contributed by atoms with Crippen molar-refractivity contribution >= 4 is 10.9 Å². The zero-order chi connectivity index (χ0) is 13.2. The van der Waals surface area contributed by atoms with E-state index < -0.39 is 0 Å². The second-order valence-corrected chi connectivity index (χ2v) is 4.70. The highest BCUT2D eigenvalue weighted by Crippen LogP contribution is 2.29. The number of para-hydroxylation sites is 1. The van der Waals surface area contributed by atoms with Crippen LogP contribution >= 0.6 is 0 Å². The normalized spacial score (nSPS) is 10.6. The molecule has 0 aliphatic heterocycles. The third-order valence-corrected chi connectivity index (χ3v) is 3.02. The number of pyridine rings is 1. The van der Waals surface area contributed by atoms with Gasteiger partial charge in [0.25, 0.3) is 0 Å². The van der Waals surface area contributed by atoms with E-state index in [1.165, 1.54) is 5.56 Å². The summed E-state index contributed by atoms with van der Waals surface area (Å²) in [6.07, 6.45) is 0. The third-order valence-electron chi connectivity index (χ3n) is 3.02. The predicted octanol–water partition coefficient (Wildman–Crippen LogP) is 4.64. The fourth-order valence-corrected chi connectivity index (χ4v) is 2.16. The van der Waals surface area contributed by atoms with Gasteiger partial charge in [0.15, 0.2) is 0 Å². The van der Waals surface area contributed by atoms with Crippen LogP contribution in [0.5, 0.6) is 11.5 Å². The van der Waals surface area contributed by atoms with Crippen molar-refractivity contribution in [1.29, 1.82) is 0 Å². The lowest BCUT2D eigenvalue weighted by Crippen LogP contribution is -1.90. The minimum Gasteiger partial charge on any atom is -0.457 e. The summed E-state index contributed by atoms with van der Waals surface area (Å²) in [4.78, 5) is 4.52. The molecule has 0 fully saturated rings. The number of aromatic nitrogens is 1. The van der Waals surface area contributed by atoms with Crippen LogP contribution in [0.15, 0.2) is 54.6 Å². The first-order chi connectivity index (χ1) is 9.22. The lowest BCUT2D eigenvalue weighted by atomic mass is 10.2. The minimum absolute atomic E-state index is 0.855. The predicted molar refractivity (Wildman–Crippen MR) is 77.7 cm³/mol. The smallest absolute Gasteiger partial charge is 0.138 e. The van der Waals surface area contributed by atoms with E-state index in [1.54, 1.807) is 0 Å². The van der Waals surface area contributed by atoms with E-state index >= 15 is 0 Å². The molecule has 0 spiro atoms. The monoisotopic (exact) mass is 249 g/mol. The Morgan fingerprint density at radius 2 is 1.74 bits per heavy atom. The third kappa shape index (κ3) is 2.43. The summed E-state index contributed by atoms with van der Waals surface area (Å²) in [7, 11) is 0. The van der Waals surface area contributed by atoms with E-state index in [0.29, 0.717) is 0 Å². The Bertz CT molecular complexity index is 734. The summed E-state index contributed by atoms with van der Waals surface area (Å²) in [5.74, 6) is 1.71. The molecule has 0 radical (unpaired) electrons. The van der Waals surface area contributed by atoms with Crippen LogP contribution in [0.1, 0.15) is 11.3 Å². The number of hydrogen-bond donors (Lipinski definition) is 0. The number of aryl methyl sites for hydroxylation is 2. The van der Waals surface area contributed by atoms with Crippen molar-refractivity contribution in [1.82, 2.24) is 4.98 Å². The van der Waals surface area contributed by atoms with Crippen molar-refractivity contribution in [3.8, 4) is 11.5 Å². The van der Waals surface area contributed by atoms with Gasteiger partial charge in [-0.1, -0.05) is 24.3 Å². The zero-order valence-corrected chi connectivity index (χ0v) is 11.1. The van der Waals surface area contributed by atoms with Gasteiger partial charge in [0.05, 0.1) is 5.52 Å². The van der Waals surface area contributed by atoms with Crippen LogP contribution in [0, 0.1) is 13.8 Å². The largest absolute Gasteiger partial charge is 0.457 e. The van der Waals surface area contributed by atoms with Crippen LogP contribution in [0.4, 0.5) is 0 Å². The molecule has 1 aromatic heterocycles. The Balaban J connectivity index is 2.09. The average Bonchev–Trinajstić information content (AvgIpc) is 2.38. The second-order valence-electron chi connectivity index (χ2n) is 4.70. The highest BCUT2D eigenvalue weighted by atomic mass is 16.5. The van der Waals surface area contributed by atoms with Crippen molar-refractivity contribution in [2.45, 2.75) is 13.8 Å². The summed E-state index contributed by atoms with van der Waals surface area (Å²) < 4.78 is 6.01. The Labute approximate surface area is 112 Å². The molecule has 0 saturated carbocycles. The van der Waals surface area contributed by atoms with Gasteiger partial charge < -0.3 is 4.74 Å². The first-order valence-corrected chi connectivity index (χ1v) is 6.33. The molecule has 0 bridgehead atoms. The number of nitrogens with zero attached hydrogens (tertiary/aromatic N) is 1. The van der Waals surface area contributed by atoms with Crippen LogP contribution in [0.25, 0.3) is 10.9 Å². The van der Waals surface area contributed by atoms with E-state index in [-0.39, 0.29) is 0 Å². The van der Waals surface area contributed by atoms with Gasteiger partial charge in [-0.05, 0) is 43.7 Å². The fraction of sp³-hybridized carbons (Fsp3) is 0.118. The van der Waals surface area contributed by atoms with Gasteiger partial charge >= 0.3 is 0 Å². The van der Waals surface area contributed by atoms with Crippen molar-refractivity contribution in [3.63, 3.8) is 0 Å². The molecule has 3 rings (SSSR count). The van der Waals surface area contributed by atoms with Gasteiger partial charge in [-0.3, -0.25) is 4.98 Å². The van der Waals surface area contributed by atoms with Crippen molar-refractivity contribution in [2.24, 2.45) is 0 Å². The number of ether oxygens (including phenoxy) is 1. The molecule has 0 unspecified atom stereocenters. The topological polar surface area (TPSA) is 22.1 Å². The molecule has 3 aromatic rings. The van der Waals surface area contributed by atoms with Gasteiger partial charge in [0, 0.05) is 17.1 Å². The summed E-state index contributed by atoms with van der Waals surface area (Å²) in [5, 5.41) is 1.04. The molecule has 0 aliphatic carbocycles. The van der Waals surface area contributed by atoms with Crippen molar-refractivity contribution in [3.05, 3.63) is 65.9 Å². The van der Waals surface area contributed by atoms with Crippen molar-refractivity contribution in [2.75, 3.05) is 0 Å². The summed E-state index contributed by atoms with van der Waals surface area (Å²) in [6.45, 7) is 4.04. The molecule has 0 aliphatic rings. The summed E-state index contributed by atoms with van der Waals surface area (Å²) in [6, 6.07) is 18.1. The van der Waals surface area contributed by atoms with Gasteiger partial charge in [0.1, 0.15) is 11.5 Å². The molecule has 1 heterocycles. The summed E-state index contributed by atoms with van der Waals surface area (Å²) in [5.41, 5.74) is 3.11. The summed E-state index contributed by atoms with van der Waals surface area (Å²) >= 11 is 0. The number of fused-ring (bicyclic) bond motifs is 1. The first kappa shape index (κ1) is 11.7. The van der Waals surface area contributed by atoms with Gasteiger partial charge in [-0.25, -0.2) is 0 Å². The van der Waals surface area contributed by atoms with E-state index in [9.17, 15) is 0 Å². The standard InChI is InChI=1S/C17H15NO/c1-12-6-5-7-14(10-12)19-17-11-13(2)18-16-9-4-3-8-15(16)17/h3-11H,1-2H3. The Hall–Kier alpha value is -2.35. The maximum atomic E-state index is 6.01. The van der Waals surface area contributed by atoms with Crippen LogP contribution in [0.3, 0.4) is 0 Å². The fourth-order valence-electron chi connectivity index (χ4n) is 2.16. The molecule has 0 amide bonds. The molecule has 2 nitrogen and oxygen atoms in total. The molecule has 2 heteroatoms. The van der Waals surface area contributed by atoms with Crippen LogP contribution < -0.4 is 4.74 Å². The number of hydrogen-bond acceptors (Lipinski definition) is 2. The van der Waals surface area contributed by atoms with Crippen LogP contribution in [0.2, 0.25) is 0 Å².